The Hall–Kier alpha value is -2.28. The Morgan fingerprint density at radius 3 is 3.05 bits per heavy atom. The van der Waals surface area contributed by atoms with Crippen molar-refractivity contribution in [2.75, 3.05) is 6.54 Å². The highest BCUT2D eigenvalue weighted by atomic mass is 16.5. The van der Waals surface area contributed by atoms with E-state index in [-0.39, 0.29) is 12.3 Å². The van der Waals surface area contributed by atoms with Gasteiger partial charge >= 0.3 is 0 Å². The van der Waals surface area contributed by atoms with Crippen molar-refractivity contribution in [2.24, 2.45) is 0 Å². The van der Waals surface area contributed by atoms with Gasteiger partial charge in [-0.3, -0.25) is 4.79 Å². The average molecular weight is 256 g/mol. The molecule has 0 aliphatic rings. The number of terminal acetylenes is 1. The lowest BCUT2D eigenvalue weighted by atomic mass is 10.1. The Labute approximate surface area is 112 Å². The van der Waals surface area contributed by atoms with Gasteiger partial charge in [-0.1, -0.05) is 17.3 Å². The van der Waals surface area contributed by atoms with Crippen LogP contribution in [0.15, 0.2) is 28.8 Å². The Bertz CT molecular complexity index is 595. The van der Waals surface area contributed by atoms with Gasteiger partial charge in [-0.15, -0.1) is 12.3 Å². The van der Waals surface area contributed by atoms with Gasteiger partial charge in [0.25, 0.3) is 0 Å². The van der Waals surface area contributed by atoms with Gasteiger partial charge in [0.15, 0.2) is 5.58 Å². The van der Waals surface area contributed by atoms with Crippen LogP contribution >= 0.6 is 0 Å². The summed E-state index contributed by atoms with van der Waals surface area (Å²) in [5.74, 6) is 2.54. The van der Waals surface area contributed by atoms with Gasteiger partial charge in [-0.05, 0) is 25.0 Å². The van der Waals surface area contributed by atoms with Crippen LogP contribution in [0.25, 0.3) is 11.0 Å². The van der Waals surface area contributed by atoms with E-state index in [4.69, 9.17) is 10.9 Å². The summed E-state index contributed by atoms with van der Waals surface area (Å²) >= 11 is 0. The van der Waals surface area contributed by atoms with Crippen LogP contribution in [0.3, 0.4) is 0 Å². The Balaban J connectivity index is 1.84. The van der Waals surface area contributed by atoms with Gasteiger partial charge in [-0.2, -0.15) is 0 Å². The lowest BCUT2D eigenvalue weighted by molar-refractivity contribution is -0.120. The molecule has 0 aliphatic heterocycles. The molecule has 1 amide bonds. The fourth-order valence-corrected chi connectivity index (χ4v) is 1.86. The van der Waals surface area contributed by atoms with Crippen molar-refractivity contribution in [3.05, 3.63) is 30.0 Å². The van der Waals surface area contributed by atoms with Crippen LogP contribution in [0, 0.1) is 12.3 Å². The van der Waals surface area contributed by atoms with Crippen LogP contribution in [0.5, 0.6) is 0 Å². The molecule has 1 heterocycles. The van der Waals surface area contributed by atoms with Crippen LogP contribution in [0.2, 0.25) is 0 Å². The molecule has 2 aromatic rings. The van der Waals surface area contributed by atoms with Crippen molar-refractivity contribution < 1.29 is 9.32 Å². The van der Waals surface area contributed by atoms with Crippen LogP contribution in [0.1, 0.15) is 25.0 Å². The first-order chi connectivity index (χ1) is 9.31. The second kappa shape index (κ2) is 6.60. The number of para-hydroxylation sites is 1. The second-order valence-corrected chi connectivity index (χ2v) is 4.31. The summed E-state index contributed by atoms with van der Waals surface area (Å²) in [5, 5.41) is 7.68. The number of carbonyl (C=O) groups is 1. The van der Waals surface area contributed by atoms with E-state index in [0.29, 0.717) is 17.8 Å². The molecule has 0 spiro atoms. The van der Waals surface area contributed by atoms with Crippen molar-refractivity contribution in [3.8, 4) is 12.3 Å². The fraction of sp³-hybridized carbons (Fsp3) is 0.333. The van der Waals surface area contributed by atoms with Gasteiger partial charge in [0.1, 0.15) is 5.69 Å². The molecule has 2 rings (SSSR count). The van der Waals surface area contributed by atoms with Crippen LogP contribution < -0.4 is 5.32 Å². The zero-order chi connectivity index (χ0) is 13.5. The molecule has 0 aliphatic carbocycles. The quantitative estimate of drug-likeness (QED) is 0.637. The first-order valence-corrected chi connectivity index (χ1v) is 6.34. The number of nitrogens with one attached hydrogen (secondary N) is 1. The molecule has 19 heavy (non-hydrogen) atoms. The molecule has 1 aromatic carbocycles. The molecule has 0 radical (unpaired) electrons. The fourth-order valence-electron chi connectivity index (χ4n) is 1.86. The smallest absolute Gasteiger partial charge is 0.226 e. The Kier molecular flexibility index (Phi) is 4.57. The van der Waals surface area contributed by atoms with Crippen LogP contribution in [-0.4, -0.2) is 17.6 Å². The standard InChI is InChI=1S/C15H16N2O2/c1-2-3-4-7-10-16-15(18)11-13-12-8-5-6-9-14(12)19-17-13/h1,5-6,8-9H,3-4,7,10-11H2,(H,16,18). The molecule has 0 atom stereocenters. The summed E-state index contributed by atoms with van der Waals surface area (Å²) in [5.41, 5.74) is 1.39. The highest BCUT2D eigenvalue weighted by Gasteiger charge is 2.11. The summed E-state index contributed by atoms with van der Waals surface area (Å²) in [6.45, 7) is 0.649. The van der Waals surface area contributed by atoms with Gasteiger partial charge in [0, 0.05) is 18.4 Å². The van der Waals surface area contributed by atoms with Crippen LogP contribution in [-0.2, 0) is 11.2 Å². The number of nitrogens with zero attached hydrogens (tertiary/aromatic N) is 1. The lowest BCUT2D eigenvalue weighted by Crippen LogP contribution is -2.26. The van der Waals surface area contributed by atoms with Crippen molar-refractivity contribution in [1.82, 2.24) is 10.5 Å². The molecule has 1 aromatic heterocycles. The lowest BCUT2D eigenvalue weighted by Gasteiger charge is -2.02. The van der Waals surface area contributed by atoms with E-state index in [1.54, 1.807) is 0 Å². The molecule has 98 valence electrons. The molecule has 4 heteroatoms. The Morgan fingerprint density at radius 1 is 1.37 bits per heavy atom. The third-order valence-corrected chi connectivity index (χ3v) is 2.85. The minimum absolute atomic E-state index is 0.0419. The number of fused-ring (bicyclic) bond motifs is 1. The zero-order valence-electron chi connectivity index (χ0n) is 10.7. The van der Waals surface area contributed by atoms with Crippen molar-refractivity contribution in [2.45, 2.75) is 25.7 Å². The number of benzene rings is 1. The SMILES string of the molecule is C#CCCCCNC(=O)Cc1noc2ccccc12. The number of hydrogen-bond donors (Lipinski definition) is 1. The largest absolute Gasteiger partial charge is 0.356 e. The third-order valence-electron chi connectivity index (χ3n) is 2.85. The maximum atomic E-state index is 11.8. The predicted molar refractivity (Wildman–Crippen MR) is 73.4 cm³/mol. The van der Waals surface area contributed by atoms with Gasteiger partial charge in [-0.25, -0.2) is 0 Å². The van der Waals surface area contributed by atoms with Gasteiger partial charge in [0.05, 0.1) is 6.42 Å². The highest BCUT2D eigenvalue weighted by molar-refractivity contribution is 5.86. The number of rotatable bonds is 6. The predicted octanol–water partition coefficient (Wildman–Crippen LogP) is 2.29. The maximum Gasteiger partial charge on any atom is 0.226 e. The molecule has 0 unspecified atom stereocenters. The number of hydrogen-bond acceptors (Lipinski definition) is 3. The summed E-state index contributed by atoms with van der Waals surface area (Å²) in [6, 6.07) is 7.52. The second-order valence-electron chi connectivity index (χ2n) is 4.31. The van der Waals surface area contributed by atoms with E-state index in [1.165, 1.54) is 0 Å². The topological polar surface area (TPSA) is 55.1 Å². The maximum absolute atomic E-state index is 11.8. The van der Waals surface area contributed by atoms with Crippen molar-refractivity contribution in [1.29, 1.82) is 0 Å². The minimum atomic E-state index is -0.0419. The van der Waals surface area contributed by atoms with Gasteiger partial charge < -0.3 is 9.84 Å². The number of aromatic nitrogens is 1. The third kappa shape index (κ3) is 3.59. The summed E-state index contributed by atoms with van der Waals surface area (Å²) in [4.78, 5) is 11.8. The highest BCUT2D eigenvalue weighted by Crippen LogP contribution is 2.17. The first kappa shape index (κ1) is 13.2. The average Bonchev–Trinajstić information content (AvgIpc) is 2.82. The number of carbonyl (C=O) groups excluding carboxylic acids is 1. The molecule has 0 bridgehead atoms. The molecular formula is C15H16N2O2. The van der Waals surface area contributed by atoms with Crippen molar-refractivity contribution in [3.63, 3.8) is 0 Å². The molecule has 0 saturated carbocycles. The van der Waals surface area contributed by atoms with E-state index in [1.807, 2.05) is 24.3 Å². The van der Waals surface area contributed by atoms with Gasteiger partial charge in [0.2, 0.25) is 5.91 Å². The normalized spacial score (nSPS) is 10.3. The Morgan fingerprint density at radius 2 is 2.21 bits per heavy atom. The zero-order valence-corrected chi connectivity index (χ0v) is 10.7. The van der Waals surface area contributed by atoms with Crippen molar-refractivity contribution >= 4 is 16.9 Å². The molecule has 4 nitrogen and oxygen atoms in total. The van der Waals surface area contributed by atoms with E-state index in [0.717, 1.165) is 24.6 Å². The number of unbranched alkanes of at least 4 members (excludes halogenated alkanes) is 2. The van der Waals surface area contributed by atoms with Crippen LogP contribution in [0.4, 0.5) is 0 Å². The monoisotopic (exact) mass is 256 g/mol. The summed E-state index contributed by atoms with van der Waals surface area (Å²) < 4.78 is 5.16. The van der Waals surface area contributed by atoms with E-state index in [2.05, 4.69) is 16.4 Å². The molecule has 1 N–H and O–H groups in total. The molecule has 0 fully saturated rings. The molecule has 0 saturated heterocycles. The van der Waals surface area contributed by atoms with E-state index < -0.39 is 0 Å². The summed E-state index contributed by atoms with van der Waals surface area (Å²) in [6.07, 6.45) is 7.99. The van der Waals surface area contributed by atoms with E-state index in [9.17, 15) is 4.79 Å². The van der Waals surface area contributed by atoms with E-state index >= 15 is 0 Å². The number of amides is 1. The first-order valence-electron chi connectivity index (χ1n) is 6.34. The minimum Gasteiger partial charge on any atom is -0.356 e. The summed E-state index contributed by atoms with van der Waals surface area (Å²) in [7, 11) is 0. The molecular weight excluding hydrogens is 240 g/mol.